The van der Waals surface area contributed by atoms with E-state index in [9.17, 15) is 5.26 Å². The third-order valence-electron chi connectivity index (χ3n) is 3.06. The first kappa shape index (κ1) is 13.6. The zero-order chi connectivity index (χ0) is 14.5. The number of aryl methyl sites for hydroxylation is 2. The molecule has 0 aliphatic rings. The number of nitrogens with zero attached hydrogens (tertiary/aromatic N) is 2. The summed E-state index contributed by atoms with van der Waals surface area (Å²) in [6.07, 6.45) is 0. The number of allylic oxidation sites excluding steroid dienone is 1. The molecule has 0 aromatic heterocycles. The van der Waals surface area contributed by atoms with Gasteiger partial charge in [0.25, 0.3) is 0 Å². The van der Waals surface area contributed by atoms with Crippen molar-refractivity contribution in [3.8, 4) is 6.07 Å². The molecule has 0 amide bonds. The summed E-state index contributed by atoms with van der Waals surface area (Å²) < 4.78 is 0. The molecular formula is C18H14N2. The lowest BCUT2D eigenvalue weighted by molar-refractivity contribution is 1.43. The maximum Gasteiger partial charge on any atom is 0.212 e. The van der Waals surface area contributed by atoms with Gasteiger partial charge in [-0.05, 0) is 25.0 Å². The molecule has 2 heteroatoms. The van der Waals surface area contributed by atoms with Gasteiger partial charge in [-0.1, -0.05) is 59.7 Å². The van der Waals surface area contributed by atoms with E-state index in [2.05, 4.69) is 10.9 Å². The molecule has 0 saturated heterocycles. The van der Waals surface area contributed by atoms with Crippen LogP contribution in [-0.2, 0) is 0 Å². The largest absolute Gasteiger partial charge is 0.236 e. The van der Waals surface area contributed by atoms with Gasteiger partial charge in [0.05, 0.1) is 18.2 Å². The topological polar surface area (TPSA) is 28.1 Å². The van der Waals surface area contributed by atoms with Gasteiger partial charge >= 0.3 is 0 Å². The Morgan fingerprint density at radius 2 is 1.55 bits per heavy atom. The second kappa shape index (κ2) is 5.87. The molecule has 2 nitrogen and oxygen atoms in total. The SMILES string of the molecule is [C-]#[N+]/C(=C(\C#N)c1cccc(C)c1)c1cccc(C)c1. The first-order chi connectivity index (χ1) is 9.65. The summed E-state index contributed by atoms with van der Waals surface area (Å²) in [5.74, 6) is 0. The Morgan fingerprint density at radius 3 is 2.05 bits per heavy atom. The van der Waals surface area contributed by atoms with Crippen molar-refractivity contribution in [3.05, 3.63) is 82.2 Å². The predicted molar refractivity (Wildman–Crippen MR) is 81.4 cm³/mol. The van der Waals surface area contributed by atoms with Crippen LogP contribution in [0.5, 0.6) is 0 Å². The highest BCUT2D eigenvalue weighted by Crippen LogP contribution is 2.28. The van der Waals surface area contributed by atoms with Crippen molar-refractivity contribution in [1.29, 1.82) is 5.26 Å². The van der Waals surface area contributed by atoms with E-state index < -0.39 is 0 Å². The van der Waals surface area contributed by atoms with E-state index in [0.717, 1.165) is 22.3 Å². The molecule has 0 spiro atoms. The van der Waals surface area contributed by atoms with Crippen LogP contribution in [-0.4, -0.2) is 0 Å². The zero-order valence-electron chi connectivity index (χ0n) is 11.5. The first-order valence-electron chi connectivity index (χ1n) is 6.31. The molecule has 20 heavy (non-hydrogen) atoms. The van der Waals surface area contributed by atoms with Gasteiger partial charge < -0.3 is 0 Å². The Labute approximate surface area is 119 Å². The lowest BCUT2D eigenvalue weighted by Crippen LogP contribution is -1.89. The highest BCUT2D eigenvalue weighted by atomic mass is 14.7. The molecule has 0 saturated carbocycles. The number of hydrogen-bond donors (Lipinski definition) is 0. The van der Waals surface area contributed by atoms with Crippen LogP contribution in [0.3, 0.4) is 0 Å². The van der Waals surface area contributed by atoms with Crippen LogP contribution in [0.4, 0.5) is 0 Å². The van der Waals surface area contributed by atoms with Crippen LogP contribution in [0.2, 0.25) is 0 Å². The van der Waals surface area contributed by atoms with Gasteiger partial charge in [-0.25, -0.2) is 4.85 Å². The van der Waals surface area contributed by atoms with Crippen molar-refractivity contribution in [2.75, 3.05) is 0 Å². The molecule has 2 aromatic carbocycles. The molecule has 0 atom stereocenters. The maximum absolute atomic E-state index is 9.45. The van der Waals surface area contributed by atoms with Gasteiger partial charge in [-0.2, -0.15) is 5.26 Å². The average Bonchev–Trinajstić information content (AvgIpc) is 2.44. The Balaban J connectivity index is 2.67. The lowest BCUT2D eigenvalue weighted by atomic mass is 9.98. The number of benzene rings is 2. The fraction of sp³-hybridized carbons (Fsp3) is 0.111. The van der Waals surface area contributed by atoms with Crippen LogP contribution in [0, 0.1) is 31.8 Å². The molecule has 0 N–H and O–H groups in total. The molecule has 0 radical (unpaired) electrons. The highest BCUT2D eigenvalue weighted by Gasteiger charge is 2.12. The molecule has 2 rings (SSSR count). The molecule has 0 aliphatic heterocycles. The predicted octanol–water partition coefficient (Wildman–Crippen LogP) is 4.61. The van der Waals surface area contributed by atoms with Crippen LogP contribution in [0.25, 0.3) is 16.1 Å². The molecule has 0 aliphatic carbocycles. The minimum Gasteiger partial charge on any atom is -0.236 e. The maximum atomic E-state index is 9.45. The van der Waals surface area contributed by atoms with Crippen LogP contribution in [0.1, 0.15) is 22.3 Å². The van der Waals surface area contributed by atoms with Crippen molar-refractivity contribution in [2.24, 2.45) is 0 Å². The number of nitriles is 1. The summed E-state index contributed by atoms with van der Waals surface area (Å²) in [5, 5.41) is 9.45. The van der Waals surface area contributed by atoms with Gasteiger partial charge in [0, 0.05) is 0 Å². The summed E-state index contributed by atoms with van der Waals surface area (Å²) >= 11 is 0. The summed E-state index contributed by atoms with van der Waals surface area (Å²) in [6.45, 7) is 11.4. The Kier molecular flexibility index (Phi) is 3.99. The van der Waals surface area contributed by atoms with E-state index in [0.29, 0.717) is 11.3 Å². The standard InChI is InChI=1S/C18H14N2/c1-13-6-4-8-15(10-13)17(12-19)18(20-3)16-9-5-7-14(2)11-16/h4-11H,1-2H3/b18-17+. The van der Waals surface area contributed by atoms with Crippen molar-refractivity contribution in [1.82, 2.24) is 0 Å². The molecule has 0 fully saturated rings. The molecule has 0 bridgehead atoms. The normalized spacial score (nSPS) is 11.2. The minimum absolute atomic E-state index is 0.404. The van der Waals surface area contributed by atoms with Crippen molar-refractivity contribution < 1.29 is 0 Å². The molecular weight excluding hydrogens is 244 g/mol. The second-order valence-electron chi connectivity index (χ2n) is 4.69. The lowest BCUT2D eigenvalue weighted by Gasteiger charge is -2.06. The third-order valence-corrected chi connectivity index (χ3v) is 3.06. The summed E-state index contributed by atoms with van der Waals surface area (Å²) in [4.78, 5) is 3.58. The summed E-state index contributed by atoms with van der Waals surface area (Å²) in [6, 6.07) is 17.5. The highest BCUT2D eigenvalue weighted by molar-refractivity contribution is 5.99. The molecule has 0 unspecified atom stereocenters. The smallest absolute Gasteiger partial charge is 0.212 e. The zero-order valence-corrected chi connectivity index (χ0v) is 11.5. The fourth-order valence-corrected chi connectivity index (χ4v) is 2.11. The fourth-order valence-electron chi connectivity index (χ4n) is 2.11. The van der Waals surface area contributed by atoms with E-state index in [4.69, 9.17) is 6.57 Å². The number of rotatable bonds is 2. The summed E-state index contributed by atoms with van der Waals surface area (Å²) in [7, 11) is 0. The Bertz CT molecular complexity index is 690. The van der Waals surface area contributed by atoms with Crippen LogP contribution < -0.4 is 0 Å². The van der Waals surface area contributed by atoms with E-state index in [-0.39, 0.29) is 0 Å². The van der Waals surface area contributed by atoms with Crippen molar-refractivity contribution in [3.63, 3.8) is 0 Å². The van der Waals surface area contributed by atoms with Crippen molar-refractivity contribution >= 4 is 11.3 Å². The summed E-state index contributed by atoms with van der Waals surface area (Å²) in [5.41, 5.74) is 4.56. The Hall–Kier alpha value is -2.84. The molecule has 2 aromatic rings. The van der Waals surface area contributed by atoms with Gasteiger partial charge in [-0.3, -0.25) is 0 Å². The van der Waals surface area contributed by atoms with Gasteiger partial charge in [0.2, 0.25) is 5.70 Å². The van der Waals surface area contributed by atoms with E-state index in [1.54, 1.807) is 0 Å². The van der Waals surface area contributed by atoms with E-state index >= 15 is 0 Å². The molecule has 96 valence electrons. The minimum atomic E-state index is 0.404. The second-order valence-corrected chi connectivity index (χ2v) is 4.69. The monoisotopic (exact) mass is 258 g/mol. The van der Waals surface area contributed by atoms with Crippen LogP contribution >= 0.6 is 0 Å². The van der Waals surface area contributed by atoms with Gasteiger partial charge in [-0.15, -0.1) is 0 Å². The van der Waals surface area contributed by atoms with Gasteiger partial charge in [0.1, 0.15) is 0 Å². The first-order valence-corrected chi connectivity index (χ1v) is 6.31. The molecule has 0 heterocycles. The average molecular weight is 258 g/mol. The van der Waals surface area contributed by atoms with E-state index in [1.807, 2.05) is 62.4 Å². The quantitative estimate of drug-likeness (QED) is 0.439. The number of hydrogen-bond acceptors (Lipinski definition) is 1. The third kappa shape index (κ3) is 2.76. The Morgan fingerprint density at radius 1 is 1.00 bits per heavy atom. The van der Waals surface area contributed by atoms with E-state index in [1.165, 1.54) is 0 Å². The van der Waals surface area contributed by atoms with Crippen molar-refractivity contribution in [2.45, 2.75) is 13.8 Å². The van der Waals surface area contributed by atoms with Crippen LogP contribution in [0.15, 0.2) is 48.5 Å². The van der Waals surface area contributed by atoms with Gasteiger partial charge in [0.15, 0.2) is 0 Å².